The van der Waals surface area contributed by atoms with Crippen molar-refractivity contribution >= 4 is 33.2 Å². The number of nitrogens with zero attached hydrogens (tertiary/aromatic N) is 1. The first kappa shape index (κ1) is 18.5. The summed E-state index contributed by atoms with van der Waals surface area (Å²) in [6.07, 6.45) is 0. The van der Waals surface area contributed by atoms with Crippen molar-refractivity contribution in [2.45, 2.75) is 0 Å². The Morgan fingerprint density at radius 1 is 1.08 bits per heavy atom. The number of ether oxygens (including phenoxy) is 3. The molecule has 0 unspecified atom stereocenters. The smallest absolute Gasteiger partial charge is 0.255 e. The Morgan fingerprint density at radius 2 is 1.73 bits per heavy atom. The van der Waals surface area contributed by atoms with Gasteiger partial charge in [0, 0.05) is 29.2 Å². The molecule has 0 bridgehead atoms. The van der Waals surface area contributed by atoms with Gasteiger partial charge in [0.1, 0.15) is 11.5 Å². The van der Waals surface area contributed by atoms with Crippen LogP contribution in [0.15, 0.2) is 40.9 Å². The quantitative estimate of drug-likeness (QED) is 0.800. The van der Waals surface area contributed by atoms with Crippen molar-refractivity contribution in [2.75, 3.05) is 50.7 Å². The topological polar surface area (TPSA) is 60.0 Å². The van der Waals surface area contributed by atoms with E-state index in [1.807, 2.05) is 18.2 Å². The number of hydrogen-bond acceptors (Lipinski definition) is 5. The van der Waals surface area contributed by atoms with Gasteiger partial charge in [-0.3, -0.25) is 4.79 Å². The van der Waals surface area contributed by atoms with Gasteiger partial charge in [-0.15, -0.1) is 0 Å². The highest BCUT2D eigenvalue weighted by molar-refractivity contribution is 9.10. The van der Waals surface area contributed by atoms with Gasteiger partial charge in [-0.25, -0.2) is 0 Å². The fourth-order valence-electron chi connectivity index (χ4n) is 2.82. The van der Waals surface area contributed by atoms with Gasteiger partial charge in [0.2, 0.25) is 0 Å². The molecule has 0 aliphatic carbocycles. The molecule has 1 aliphatic rings. The Kier molecular flexibility index (Phi) is 6.00. The van der Waals surface area contributed by atoms with Crippen molar-refractivity contribution in [3.63, 3.8) is 0 Å². The molecule has 1 amide bonds. The molecule has 0 aromatic heterocycles. The number of carbonyl (C=O) groups excluding carboxylic acids is 1. The Labute approximate surface area is 161 Å². The van der Waals surface area contributed by atoms with Crippen LogP contribution in [-0.2, 0) is 4.74 Å². The molecule has 138 valence electrons. The third-order valence-corrected chi connectivity index (χ3v) is 4.67. The summed E-state index contributed by atoms with van der Waals surface area (Å²) in [7, 11) is 3.11. The molecule has 1 saturated heterocycles. The molecule has 6 nitrogen and oxygen atoms in total. The summed E-state index contributed by atoms with van der Waals surface area (Å²) >= 11 is 3.48. The molecular weight excluding hydrogens is 400 g/mol. The minimum atomic E-state index is -0.227. The molecule has 2 aromatic carbocycles. The van der Waals surface area contributed by atoms with Crippen LogP contribution in [0.25, 0.3) is 0 Å². The van der Waals surface area contributed by atoms with Crippen molar-refractivity contribution in [1.29, 1.82) is 0 Å². The largest absolute Gasteiger partial charge is 0.497 e. The first-order valence-corrected chi connectivity index (χ1v) is 9.06. The lowest BCUT2D eigenvalue weighted by Crippen LogP contribution is -2.36. The van der Waals surface area contributed by atoms with E-state index >= 15 is 0 Å². The summed E-state index contributed by atoms with van der Waals surface area (Å²) in [6, 6.07) is 11.0. The first-order valence-electron chi connectivity index (χ1n) is 8.27. The van der Waals surface area contributed by atoms with Crippen molar-refractivity contribution in [1.82, 2.24) is 0 Å². The molecule has 1 aliphatic heterocycles. The maximum absolute atomic E-state index is 12.8. The van der Waals surface area contributed by atoms with E-state index in [0.29, 0.717) is 30.3 Å². The van der Waals surface area contributed by atoms with Crippen molar-refractivity contribution in [3.8, 4) is 11.5 Å². The van der Waals surface area contributed by atoms with Gasteiger partial charge >= 0.3 is 0 Å². The second-order valence-electron chi connectivity index (χ2n) is 5.82. The van der Waals surface area contributed by atoms with Crippen LogP contribution < -0.4 is 19.7 Å². The lowest BCUT2D eigenvalue weighted by Gasteiger charge is -2.30. The lowest BCUT2D eigenvalue weighted by molar-refractivity contribution is 0.102. The zero-order valence-electron chi connectivity index (χ0n) is 14.8. The third-order valence-electron chi connectivity index (χ3n) is 4.17. The average molecular weight is 421 g/mol. The number of hydrogen-bond donors (Lipinski definition) is 1. The van der Waals surface area contributed by atoms with Crippen molar-refractivity contribution in [3.05, 3.63) is 46.4 Å². The van der Waals surface area contributed by atoms with Gasteiger partial charge in [0.05, 0.1) is 38.8 Å². The SMILES string of the molecule is COc1cc(OC)cc(C(=O)Nc2cc(Br)ccc2N2CCOCC2)c1. The maximum atomic E-state index is 12.8. The molecule has 0 saturated carbocycles. The monoisotopic (exact) mass is 420 g/mol. The van der Waals surface area contributed by atoms with Gasteiger partial charge in [0.15, 0.2) is 0 Å². The summed E-state index contributed by atoms with van der Waals surface area (Å²) in [4.78, 5) is 15.0. The zero-order chi connectivity index (χ0) is 18.5. The number of nitrogens with one attached hydrogen (secondary N) is 1. The van der Waals surface area contributed by atoms with Gasteiger partial charge in [-0.2, -0.15) is 0 Å². The van der Waals surface area contributed by atoms with Crippen LogP contribution in [-0.4, -0.2) is 46.4 Å². The number of benzene rings is 2. The van der Waals surface area contributed by atoms with E-state index in [1.54, 1.807) is 32.4 Å². The second kappa shape index (κ2) is 8.42. The van der Waals surface area contributed by atoms with E-state index in [9.17, 15) is 4.79 Å². The first-order chi connectivity index (χ1) is 12.6. The molecule has 2 aromatic rings. The third kappa shape index (κ3) is 4.28. The summed E-state index contributed by atoms with van der Waals surface area (Å²) in [6.45, 7) is 2.93. The standard InChI is InChI=1S/C19H21BrN2O4/c1-24-15-9-13(10-16(12-15)25-2)19(23)21-17-11-14(20)3-4-18(17)22-5-7-26-8-6-22/h3-4,9-12H,5-8H2,1-2H3,(H,21,23). The summed E-state index contributed by atoms with van der Waals surface area (Å²) in [5, 5.41) is 3.01. The molecule has 0 atom stereocenters. The highest BCUT2D eigenvalue weighted by atomic mass is 79.9. The maximum Gasteiger partial charge on any atom is 0.255 e. The minimum absolute atomic E-state index is 0.227. The number of carbonyl (C=O) groups is 1. The number of rotatable bonds is 5. The molecule has 0 radical (unpaired) electrons. The van der Waals surface area contributed by atoms with E-state index < -0.39 is 0 Å². The molecule has 1 heterocycles. The van der Waals surface area contributed by atoms with Crippen molar-refractivity contribution in [2.24, 2.45) is 0 Å². The van der Waals surface area contributed by atoms with Gasteiger partial charge in [0.25, 0.3) is 5.91 Å². The summed E-state index contributed by atoms with van der Waals surface area (Å²) in [5.74, 6) is 0.907. The number of amides is 1. The molecule has 26 heavy (non-hydrogen) atoms. The van der Waals surface area contributed by atoms with E-state index in [-0.39, 0.29) is 5.91 Å². The molecule has 0 spiro atoms. The highest BCUT2D eigenvalue weighted by Crippen LogP contribution is 2.31. The van der Waals surface area contributed by atoms with Gasteiger partial charge < -0.3 is 24.4 Å². The van der Waals surface area contributed by atoms with Gasteiger partial charge in [-0.1, -0.05) is 15.9 Å². The summed E-state index contributed by atoms with van der Waals surface area (Å²) in [5.41, 5.74) is 2.18. The molecule has 1 fully saturated rings. The zero-order valence-corrected chi connectivity index (χ0v) is 16.3. The molecular formula is C19H21BrN2O4. The average Bonchev–Trinajstić information content (AvgIpc) is 2.68. The Morgan fingerprint density at radius 3 is 2.35 bits per heavy atom. The highest BCUT2D eigenvalue weighted by Gasteiger charge is 2.18. The minimum Gasteiger partial charge on any atom is -0.497 e. The number of halogens is 1. The van der Waals surface area contributed by atoms with E-state index in [0.717, 1.165) is 28.9 Å². The van der Waals surface area contributed by atoms with Gasteiger partial charge in [-0.05, 0) is 30.3 Å². The van der Waals surface area contributed by atoms with E-state index in [4.69, 9.17) is 14.2 Å². The number of morpholine rings is 1. The van der Waals surface area contributed by atoms with Crippen LogP contribution in [0.1, 0.15) is 10.4 Å². The van der Waals surface area contributed by atoms with Crippen LogP contribution in [0.5, 0.6) is 11.5 Å². The second-order valence-corrected chi connectivity index (χ2v) is 6.73. The van der Waals surface area contributed by atoms with Crippen LogP contribution >= 0.6 is 15.9 Å². The Hall–Kier alpha value is -2.25. The van der Waals surface area contributed by atoms with Crippen LogP contribution in [0, 0.1) is 0 Å². The van der Waals surface area contributed by atoms with Crippen LogP contribution in [0.3, 0.4) is 0 Å². The van der Waals surface area contributed by atoms with Crippen molar-refractivity contribution < 1.29 is 19.0 Å². The fourth-order valence-corrected chi connectivity index (χ4v) is 3.18. The molecule has 3 rings (SSSR count). The van der Waals surface area contributed by atoms with Crippen LogP contribution in [0.2, 0.25) is 0 Å². The number of anilines is 2. The molecule has 1 N–H and O–H groups in total. The van der Waals surface area contributed by atoms with Crippen LogP contribution in [0.4, 0.5) is 11.4 Å². The predicted molar refractivity (Wildman–Crippen MR) is 105 cm³/mol. The fraction of sp³-hybridized carbons (Fsp3) is 0.316. The predicted octanol–water partition coefficient (Wildman–Crippen LogP) is 3.56. The van der Waals surface area contributed by atoms with E-state index in [1.165, 1.54) is 0 Å². The normalized spacial score (nSPS) is 14.0. The molecule has 7 heteroatoms. The Bertz CT molecular complexity index is 769. The Balaban J connectivity index is 1.88. The summed E-state index contributed by atoms with van der Waals surface area (Å²) < 4.78 is 16.8. The van der Waals surface area contributed by atoms with E-state index in [2.05, 4.69) is 26.1 Å². The lowest BCUT2D eigenvalue weighted by atomic mass is 10.1. The number of methoxy groups -OCH3 is 2.